The van der Waals surface area contributed by atoms with Crippen LogP contribution in [0.2, 0.25) is 0 Å². The minimum atomic E-state index is 0.217. The first kappa shape index (κ1) is 8.56. The van der Waals surface area contributed by atoms with E-state index in [-0.39, 0.29) is 6.61 Å². The largest absolute Gasteiger partial charge is 0.395 e. The van der Waals surface area contributed by atoms with Crippen LogP contribution in [0.3, 0.4) is 0 Å². The van der Waals surface area contributed by atoms with Crippen LogP contribution in [0, 0.1) is 0 Å². The maximum Gasteiger partial charge on any atom is 0.0785 e. The number of aromatic nitrogens is 2. The molecule has 0 saturated carbocycles. The fourth-order valence-corrected chi connectivity index (χ4v) is 1.92. The van der Waals surface area contributed by atoms with E-state index in [1.54, 1.807) is 0 Å². The number of aliphatic hydroxyl groups excluding tert-OH is 1. The van der Waals surface area contributed by atoms with Crippen LogP contribution in [0.5, 0.6) is 0 Å². The van der Waals surface area contributed by atoms with Crippen LogP contribution in [0.4, 0.5) is 5.69 Å². The lowest BCUT2D eigenvalue weighted by molar-refractivity contribution is 0.301. The molecule has 72 valence electrons. The number of anilines is 1. The highest BCUT2D eigenvalue weighted by atomic mass is 16.3. The van der Waals surface area contributed by atoms with Crippen LogP contribution in [-0.4, -0.2) is 34.6 Å². The van der Waals surface area contributed by atoms with Gasteiger partial charge in [-0.05, 0) is 12.8 Å². The van der Waals surface area contributed by atoms with E-state index >= 15 is 0 Å². The molecule has 0 aliphatic carbocycles. The monoisotopic (exact) mass is 181 g/mol. The zero-order valence-corrected chi connectivity index (χ0v) is 7.90. The van der Waals surface area contributed by atoms with E-state index < -0.39 is 0 Å². The Balaban J connectivity index is 2.27. The lowest BCUT2D eigenvalue weighted by atomic mass is 10.1. The summed E-state index contributed by atoms with van der Waals surface area (Å²) in [4.78, 5) is 2.20. The van der Waals surface area contributed by atoms with Gasteiger partial charge in [0.15, 0.2) is 0 Å². The molecule has 0 amide bonds. The van der Waals surface area contributed by atoms with Gasteiger partial charge >= 0.3 is 0 Å². The topological polar surface area (TPSA) is 41.3 Å². The zero-order valence-electron chi connectivity index (χ0n) is 7.90. The molecule has 1 aliphatic heterocycles. The number of β-amino-alcohol motifs (C(OH)–C–C–N with tert-alkyl or cyclic N) is 1. The molecule has 2 rings (SSSR count). The molecule has 1 aromatic rings. The fraction of sp³-hybridized carbons (Fsp3) is 0.667. The van der Waals surface area contributed by atoms with Gasteiger partial charge in [0.25, 0.3) is 0 Å². The summed E-state index contributed by atoms with van der Waals surface area (Å²) in [6.45, 7) is 1.98. The Morgan fingerprint density at radius 1 is 1.62 bits per heavy atom. The van der Waals surface area contributed by atoms with Gasteiger partial charge in [0, 0.05) is 20.1 Å². The zero-order chi connectivity index (χ0) is 9.26. The van der Waals surface area contributed by atoms with Crippen LogP contribution >= 0.6 is 0 Å². The van der Waals surface area contributed by atoms with Crippen molar-refractivity contribution in [2.45, 2.75) is 12.8 Å². The van der Waals surface area contributed by atoms with Crippen LogP contribution in [0.15, 0.2) is 6.20 Å². The van der Waals surface area contributed by atoms with E-state index in [4.69, 9.17) is 5.11 Å². The Morgan fingerprint density at radius 2 is 2.46 bits per heavy atom. The molecule has 13 heavy (non-hydrogen) atoms. The fourth-order valence-electron chi connectivity index (χ4n) is 1.92. The third-order valence-electron chi connectivity index (χ3n) is 2.59. The van der Waals surface area contributed by atoms with Crippen molar-refractivity contribution in [2.75, 3.05) is 24.6 Å². The Hall–Kier alpha value is -1.03. The van der Waals surface area contributed by atoms with Gasteiger partial charge in [0.2, 0.25) is 0 Å². The summed E-state index contributed by atoms with van der Waals surface area (Å²) in [5, 5.41) is 13.1. The Labute approximate surface area is 77.8 Å². The Morgan fingerprint density at radius 3 is 3.23 bits per heavy atom. The molecule has 0 saturated heterocycles. The van der Waals surface area contributed by atoms with E-state index in [1.807, 2.05) is 17.9 Å². The number of aryl methyl sites for hydroxylation is 1. The first-order valence-electron chi connectivity index (χ1n) is 4.69. The SMILES string of the molecule is Cn1ncc2c1CCCN2CCO. The van der Waals surface area contributed by atoms with Crippen molar-refractivity contribution in [3.8, 4) is 0 Å². The molecule has 0 radical (unpaired) electrons. The van der Waals surface area contributed by atoms with E-state index in [0.717, 1.165) is 25.9 Å². The van der Waals surface area contributed by atoms with Gasteiger partial charge in [-0.25, -0.2) is 0 Å². The molecule has 1 aromatic heterocycles. The third kappa shape index (κ3) is 1.42. The predicted octanol–water partition coefficient (Wildman–Crippen LogP) is 0.165. The molecule has 1 aliphatic rings. The first-order valence-corrected chi connectivity index (χ1v) is 4.69. The van der Waals surface area contributed by atoms with E-state index in [0.29, 0.717) is 0 Å². The van der Waals surface area contributed by atoms with Gasteiger partial charge in [-0.2, -0.15) is 5.10 Å². The van der Waals surface area contributed by atoms with Crippen LogP contribution in [-0.2, 0) is 13.5 Å². The molecule has 0 bridgehead atoms. The second kappa shape index (κ2) is 3.38. The molecule has 0 atom stereocenters. The second-order valence-electron chi connectivity index (χ2n) is 3.41. The minimum absolute atomic E-state index is 0.217. The van der Waals surface area contributed by atoms with Gasteiger partial charge in [-0.1, -0.05) is 0 Å². The summed E-state index contributed by atoms with van der Waals surface area (Å²) in [6.07, 6.45) is 4.16. The molecule has 4 heteroatoms. The number of nitrogens with zero attached hydrogens (tertiary/aromatic N) is 3. The minimum Gasteiger partial charge on any atom is -0.395 e. The summed E-state index contributed by atoms with van der Waals surface area (Å²) >= 11 is 0. The smallest absolute Gasteiger partial charge is 0.0785 e. The van der Waals surface area contributed by atoms with E-state index in [2.05, 4.69) is 10.00 Å². The second-order valence-corrected chi connectivity index (χ2v) is 3.41. The Bertz CT molecular complexity index is 295. The van der Waals surface area contributed by atoms with Gasteiger partial charge in [-0.3, -0.25) is 4.68 Å². The summed E-state index contributed by atoms with van der Waals surface area (Å²) in [5.74, 6) is 0. The molecule has 0 aromatic carbocycles. The number of hydrogen-bond acceptors (Lipinski definition) is 3. The lowest BCUT2D eigenvalue weighted by Crippen LogP contribution is -2.31. The van der Waals surface area contributed by atoms with Crippen molar-refractivity contribution >= 4 is 5.69 Å². The number of aliphatic hydroxyl groups is 1. The molecule has 1 N–H and O–H groups in total. The summed E-state index contributed by atoms with van der Waals surface area (Å²) in [7, 11) is 1.97. The predicted molar refractivity (Wildman–Crippen MR) is 50.8 cm³/mol. The van der Waals surface area contributed by atoms with Crippen molar-refractivity contribution in [1.82, 2.24) is 9.78 Å². The lowest BCUT2D eigenvalue weighted by Gasteiger charge is -2.27. The number of fused-ring (bicyclic) bond motifs is 1. The van der Waals surface area contributed by atoms with Crippen LogP contribution in [0.1, 0.15) is 12.1 Å². The van der Waals surface area contributed by atoms with E-state index in [1.165, 1.54) is 11.4 Å². The quantitative estimate of drug-likeness (QED) is 0.707. The van der Waals surface area contributed by atoms with Crippen molar-refractivity contribution in [3.05, 3.63) is 11.9 Å². The van der Waals surface area contributed by atoms with Gasteiger partial charge < -0.3 is 10.0 Å². The van der Waals surface area contributed by atoms with Gasteiger partial charge in [0.05, 0.1) is 24.2 Å². The number of rotatable bonds is 2. The summed E-state index contributed by atoms with van der Waals surface area (Å²) in [6, 6.07) is 0. The summed E-state index contributed by atoms with van der Waals surface area (Å²) in [5.41, 5.74) is 2.49. The normalized spacial score (nSPS) is 16.0. The highest BCUT2D eigenvalue weighted by Crippen LogP contribution is 2.25. The van der Waals surface area contributed by atoms with Crippen LogP contribution < -0.4 is 4.90 Å². The maximum absolute atomic E-state index is 8.88. The molecule has 0 fully saturated rings. The van der Waals surface area contributed by atoms with Crippen molar-refractivity contribution in [2.24, 2.45) is 7.05 Å². The summed E-state index contributed by atoms with van der Waals surface area (Å²) < 4.78 is 1.93. The molecular formula is C9H15N3O. The van der Waals surface area contributed by atoms with Gasteiger partial charge in [0.1, 0.15) is 0 Å². The molecule has 0 spiro atoms. The average molecular weight is 181 g/mol. The third-order valence-corrected chi connectivity index (χ3v) is 2.59. The van der Waals surface area contributed by atoms with E-state index in [9.17, 15) is 0 Å². The van der Waals surface area contributed by atoms with Crippen molar-refractivity contribution in [3.63, 3.8) is 0 Å². The molecular weight excluding hydrogens is 166 g/mol. The molecule has 0 unspecified atom stereocenters. The van der Waals surface area contributed by atoms with Crippen LogP contribution in [0.25, 0.3) is 0 Å². The number of hydrogen-bond donors (Lipinski definition) is 1. The van der Waals surface area contributed by atoms with Crippen molar-refractivity contribution in [1.29, 1.82) is 0 Å². The first-order chi connectivity index (χ1) is 6.33. The van der Waals surface area contributed by atoms with Gasteiger partial charge in [-0.15, -0.1) is 0 Å². The average Bonchev–Trinajstić information content (AvgIpc) is 2.50. The highest BCUT2D eigenvalue weighted by Gasteiger charge is 2.19. The molecule has 2 heterocycles. The standard InChI is InChI=1S/C9H15N3O/c1-11-8-3-2-4-12(5-6-13)9(8)7-10-11/h7,13H,2-6H2,1H3. The van der Waals surface area contributed by atoms with Crippen molar-refractivity contribution < 1.29 is 5.11 Å². The highest BCUT2D eigenvalue weighted by molar-refractivity contribution is 5.51. The molecule has 4 nitrogen and oxygen atoms in total. The Kier molecular flexibility index (Phi) is 2.22. The maximum atomic E-state index is 8.88.